The number of phenolic OH excluding ortho intramolecular Hbond substituents is 5. The number of hydrogen-bond donors (Lipinski definition) is 5. The molecule has 28 heavy (non-hydrogen) atoms. The van der Waals surface area contributed by atoms with Crippen molar-refractivity contribution in [2.45, 2.75) is 32.6 Å². The molecule has 0 aliphatic rings. The van der Waals surface area contributed by atoms with Crippen molar-refractivity contribution in [2.24, 2.45) is 0 Å². The minimum Gasteiger partial charge on any atom is -0.508 e. The largest absolute Gasteiger partial charge is 0.508 e. The molecule has 0 saturated heterocycles. The first-order valence-corrected chi connectivity index (χ1v) is 9.11. The Morgan fingerprint density at radius 1 is 0.643 bits per heavy atom. The van der Waals surface area contributed by atoms with E-state index in [1.54, 1.807) is 12.1 Å². The van der Waals surface area contributed by atoms with Crippen molar-refractivity contribution < 1.29 is 25.5 Å². The van der Waals surface area contributed by atoms with Crippen LogP contribution in [0.3, 0.4) is 0 Å². The molecule has 3 aromatic carbocycles. The van der Waals surface area contributed by atoms with E-state index in [0.717, 1.165) is 11.1 Å². The highest BCUT2D eigenvalue weighted by molar-refractivity contribution is 5.51. The van der Waals surface area contributed by atoms with Crippen LogP contribution in [0.25, 0.3) is 0 Å². The minimum absolute atomic E-state index is 0.00156. The van der Waals surface area contributed by atoms with Gasteiger partial charge >= 0.3 is 0 Å². The summed E-state index contributed by atoms with van der Waals surface area (Å²) in [6.45, 7) is 3.97. The van der Waals surface area contributed by atoms with Crippen LogP contribution in [-0.4, -0.2) is 25.5 Å². The summed E-state index contributed by atoms with van der Waals surface area (Å²) in [5, 5.41) is 49.9. The lowest BCUT2D eigenvalue weighted by molar-refractivity contribution is 0.445. The predicted octanol–water partition coefficient (Wildman–Crippen LogP) is 4.52. The summed E-state index contributed by atoms with van der Waals surface area (Å²) in [5.41, 5.74) is 3.59. The second kappa shape index (κ2) is 7.72. The zero-order valence-electron chi connectivity index (χ0n) is 15.8. The van der Waals surface area contributed by atoms with Crippen LogP contribution in [0, 0.1) is 0 Å². The van der Waals surface area contributed by atoms with Gasteiger partial charge in [-0.2, -0.15) is 0 Å². The first kappa shape index (κ1) is 19.4. The molecule has 0 heterocycles. The van der Waals surface area contributed by atoms with E-state index in [2.05, 4.69) is 0 Å². The molecular formula is C23H24O5. The quantitative estimate of drug-likeness (QED) is 0.448. The third-order valence-electron chi connectivity index (χ3n) is 4.81. The van der Waals surface area contributed by atoms with Gasteiger partial charge in [-0.25, -0.2) is 0 Å². The lowest BCUT2D eigenvalue weighted by Crippen LogP contribution is -1.99. The summed E-state index contributed by atoms with van der Waals surface area (Å²) in [6, 6.07) is 12.6. The van der Waals surface area contributed by atoms with E-state index in [4.69, 9.17) is 0 Å². The summed E-state index contributed by atoms with van der Waals surface area (Å²) in [6.07, 6.45) is 0.730. The molecule has 0 aliphatic carbocycles. The standard InChI is InChI=1S/C23H24O5/c1-13(2)20-9-14(7-15-3-5-18(24)11-21(15)26)8-17(23(20)28)10-16-4-6-19(25)12-22(16)27/h3-6,8-9,11-13,24-28H,7,10H2,1-2H3. The van der Waals surface area contributed by atoms with E-state index in [-0.39, 0.29) is 34.7 Å². The zero-order valence-corrected chi connectivity index (χ0v) is 15.8. The highest BCUT2D eigenvalue weighted by Crippen LogP contribution is 2.35. The fourth-order valence-corrected chi connectivity index (χ4v) is 3.29. The molecule has 0 aromatic heterocycles. The van der Waals surface area contributed by atoms with Gasteiger partial charge in [0, 0.05) is 25.0 Å². The van der Waals surface area contributed by atoms with E-state index in [0.29, 0.717) is 29.5 Å². The van der Waals surface area contributed by atoms with Gasteiger partial charge < -0.3 is 25.5 Å². The highest BCUT2D eigenvalue weighted by atomic mass is 16.3. The molecule has 0 unspecified atom stereocenters. The van der Waals surface area contributed by atoms with Gasteiger partial charge in [0.15, 0.2) is 0 Å². The maximum Gasteiger partial charge on any atom is 0.122 e. The van der Waals surface area contributed by atoms with E-state index in [1.165, 1.54) is 24.3 Å². The summed E-state index contributed by atoms with van der Waals surface area (Å²) in [7, 11) is 0. The van der Waals surface area contributed by atoms with Gasteiger partial charge in [0.05, 0.1) is 0 Å². The van der Waals surface area contributed by atoms with E-state index < -0.39 is 0 Å². The first-order chi connectivity index (χ1) is 13.2. The number of phenols is 5. The lowest BCUT2D eigenvalue weighted by Gasteiger charge is -2.17. The molecule has 0 saturated carbocycles. The van der Waals surface area contributed by atoms with Gasteiger partial charge in [0.25, 0.3) is 0 Å². The van der Waals surface area contributed by atoms with Gasteiger partial charge in [-0.1, -0.05) is 38.1 Å². The van der Waals surface area contributed by atoms with Gasteiger partial charge in [0.1, 0.15) is 28.7 Å². The average Bonchev–Trinajstić information content (AvgIpc) is 2.62. The van der Waals surface area contributed by atoms with E-state index >= 15 is 0 Å². The third kappa shape index (κ3) is 4.14. The fourth-order valence-electron chi connectivity index (χ4n) is 3.29. The van der Waals surface area contributed by atoms with Crippen LogP contribution in [0.5, 0.6) is 28.7 Å². The molecule has 5 nitrogen and oxygen atoms in total. The van der Waals surface area contributed by atoms with Crippen LogP contribution in [0.1, 0.15) is 47.6 Å². The van der Waals surface area contributed by atoms with Gasteiger partial charge in [0.2, 0.25) is 0 Å². The topological polar surface area (TPSA) is 101 Å². The van der Waals surface area contributed by atoms with Crippen LogP contribution in [0.2, 0.25) is 0 Å². The molecule has 0 aliphatic heterocycles. The normalized spacial score (nSPS) is 11.1. The molecule has 3 rings (SSSR count). The molecule has 5 heteroatoms. The number of aromatic hydroxyl groups is 5. The van der Waals surface area contributed by atoms with Crippen molar-refractivity contribution in [3.63, 3.8) is 0 Å². The molecule has 3 aromatic rings. The highest BCUT2D eigenvalue weighted by Gasteiger charge is 2.16. The molecule has 0 bridgehead atoms. The van der Waals surface area contributed by atoms with Crippen LogP contribution in [0.4, 0.5) is 0 Å². The van der Waals surface area contributed by atoms with Gasteiger partial charge in [-0.3, -0.25) is 0 Å². The van der Waals surface area contributed by atoms with Crippen molar-refractivity contribution >= 4 is 0 Å². The van der Waals surface area contributed by atoms with Gasteiger partial charge in [-0.05, 0) is 45.9 Å². The first-order valence-electron chi connectivity index (χ1n) is 9.11. The zero-order chi connectivity index (χ0) is 20.4. The van der Waals surface area contributed by atoms with Crippen LogP contribution >= 0.6 is 0 Å². The Labute approximate surface area is 163 Å². The Balaban J connectivity index is 2.01. The molecule has 146 valence electrons. The molecule has 0 spiro atoms. The van der Waals surface area contributed by atoms with Crippen molar-refractivity contribution in [3.05, 3.63) is 76.3 Å². The molecule has 5 N–H and O–H groups in total. The van der Waals surface area contributed by atoms with Crippen LogP contribution in [0.15, 0.2) is 48.5 Å². The smallest absolute Gasteiger partial charge is 0.122 e. The fraction of sp³-hybridized carbons (Fsp3) is 0.217. The molecule has 0 atom stereocenters. The number of benzene rings is 3. The van der Waals surface area contributed by atoms with E-state index in [9.17, 15) is 25.5 Å². The van der Waals surface area contributed by atoms with Crippen LogP contribution < -0.4 is 0 Å². The van der Waals surface area contributed by atoms with Crippen molar-refractivity contribution in [3.8, 4) is 28.7 Å². The third-order valence-corrected chi connectivity index (χ3v) is 4.81. The summed E-state index contributed by atoms with van der Waals surface area (Å²) in [5.74, 6) is 0.217. The molecule has 0 fully saturated rings. The Morgan fingerprint density at radius 2 is 1.18 bits per heavy atom. The Kier molecular flexibility index (Phi) is 5.36. The van der Waals surface area contributed by atoms with Crippen LogP contribution in [-0.2, 0) is 12.8 Å². The predicted molar refractivity (Wildman–Crippen MR) is 107 cm³/mol. The average molecular weight is 380 g/mol. The minimum atomic E-state index is -0.0351. The molecular weight excluding hydrogens is 356 g/mol. The Hall–Kier alpha value is -3.34. The summed E-state index contributed by atoms with van der Waals surface area (Å²) in [4.78, 5) is 0. The second-order valence-corrected chi connectivity index (χ2v) is 7.33. The van der Waals surface area contributed by atoms with Crippen molar-refractivity contribution in [2.75, 3.05) is 0 Å². The van der Waals surface area contributed by atoms with Crippen molar-refractivity contribution in [1.29, 1.82) is 0 Å². The second-order valence-electron chi connectivity index (χ2n) is 7.33. The monoisotopic (exact) mass is 380 g/mol. The summed E-state index contributed by atoms with van der Waals surface area (Å²) < 4.78 is 0. The summed E-state index contributed by atoms with van der Waals surface area (Å²) >= 11 is 0. The Morgan fingerprint density at radius 3 is 1.68 bits per heavy atom. The lowest BCUT2D eigenvalue weighted by atomic mass is 9.91. The van der Waals surface area contributed by atoms with E-state index in [1.807, 2.05) is 26.0 Å². The maximum absolute atomic E-state index is 10.7. The maximum atomic E-state index is 10.7. The Bertz CT molecular complexity index is 1010. The number of rotatable bonds is 5. The number of hydrogen-bond acceptors (Lipinski definition) is 5. The van der Waals surface area contributed by atoms with Gasteiger partial charge in [-0.15, -0.1) is 0 Å². The molecule has 0 amide bonds. The SMILES string of the molecule is CC(C)c1cc(Cc2ccc(O)cc2O)cc(Cc2ccc(O)cc2O)c1O. The molecule has 0 radical (unpaired) electrons. The van der Waals surface area contributed by atoms with Crippen molar-refractivity contribution in [1.82, 2.24) is 0 Å².